The van der Waals surface area contributed by atoms with Crippen LogP contribution in [0.5, 0.6) is 17.2 Å². The number of carbonyl (C=O) groups excluding carboxylic acids is 1. The lowest BCUT2D eigenvalue weighted by Crippen LogP contribution is -2.57. The first-order valence-corrected chi connectivity index (χ1v) is 11.7. The van der Waals surface area contributed by atoms with Crippen molar-refractivity contribution in [3.05, 3.63) is 48.5 Å². The monoisotopic (exact) mass is 445 g/mol. The molecule has 1 unspecified atom stereocenters. The molecule has 0 saturated carbocycles. The first-order chi connectivity index (χ1) is 14.8. The van der Waals surface area contributed by atoms with Crippen LogP contribution >= 0.6 is 0 Å². The van der Waals surface area contributed by atoms with E-state index >= 15 is 0 Å². The SMILES string of the molecule is COc1ccc(Oc2ccc(S(=O)(=O)C3(C(N)=O)CC4(CCNCC4)CN3)cc2)cc1. The Morgan fingerprint density at radius 1 is 0.968 bits per heavy atom. The Morgan fingerprint density at radius 3 is 2.06 bits per heavy atom. The molecule has 2 aliphatic rings. The van der Waals surface area contributed by atoms with Gasteiger partial charge < -0.3 is 20.5 Å². The van der Waals surface area contributed by atoms with Crippen molar-refractivity contribution in [3.63, 3.8) is 0 Å². The maximum Gasteiger partial charge on any atom is 0.253 e. The van der Waals surface area contributed by atoms with Gasteiger partial charge in [0, 0.05) is 6.54 Å². The van der Waals surface area contributed by atoms with Crippen LogP contribution in [0, 0.1) is 5.41 Å². The summed E-state index contributed by atoms with van der Waals surface area (Å²) >= 11 is 0. The van der Waals surface area contributed by atoms with E-state index in [0.717, 1.165) is 25.9 Å². The van der Waals surface area contributed by atoms with Gasteiger partial charge in [-0.3, -0.25) is 10.1 Å². The molecule has 8 nitrogen and oxygen atoms in total. The number of primary amides is 1. The predicted octanol–water partition coefficient (Wildman–Crippen LogP) is 1.81. The highest BCUT2D eigenvalue weighted by Gasteiger charge is 2.59. The van der Waals surface area contributed by atoms with E-state index in [1.165, 1.54) is 12.1 Å². The minimum absolute atomic E-state index is 0.0341. The fourth-order valence-corrected chi connectivity index (χ4v) is 6.38. The van der Waals surface area contributed by atoms with Gasteiger partial charge in [-0.1, -0.05) is 0 Å². The molecule has 166 valence electrons. The van der Waals surface area contributed by atoms with Gasteiger partial charge in [-0.25, -0.2) is 8.42 Å². The summed E-state index contributed by atoms with van der Waals surface area (Å²) in [6.07, 6.45) is 1.79. The van der Waals surface area contributed by atoms with Crippen molar-refractivity contribution >= 4 is 15.7 Å². The fourth-order valence-electron chi connectivity index (χ4n) is 4.46. The number of sulfone groups is 1. The van der Waals surface area contributed by atoms with Crippen LogP contribution < -0.4 is 25.8 Å². The number of amides is 1. The van der Waals surface area contributed by atoms with Gasteiger partial charge >= 0.3 is 0 Å². The van der Waals surface area contributed by atoms with Crippen molar-refractivity contribution in [2.75, 3.05) is 26.7 Å². The summed E-state index contributed by atoms with van der Waals surface area (Å²) < 4.78 is 38.0. The van der Waals surface area contributed by atoms with E-state index in [9.17, 15) is 13.2 Å². The zero-order valence-electron chi connectivity index (χ0n) is 17.4. The molecule has 1 amide bonds. The molecule has 2 fully saturated rings. The summed E-state index contributed by atoms with van der Waals surface area (Å²) in [5.74, 6) is 0.921. The van der Waals surface area contributed by atoms with Gasteiger partial charge in [0.25, 0.3) is 5.91 Å². The Balaban J connectivity index is 1.57. The lowest BCUT2D eigenvalue weighted by atomic mass is 9.77. The van der Waals surface area contributed by atoms with Crippen molar-refractivity contribution in [3.8, 4) is 17.2 Å². The minimum atomic E-state index is -4.05. The lowest BCUT2D eigenvalue weighted by Gasteiger charge is -2.34. The van der Waals surface area contributed by atoms with Gasteiger partial charge in [-0.05, 0) is 86.3 Å². The largest absolute Gasteiger partial charge is 0.497 e. The number of nitrogens with two attached hydrogens (primary N) is 1. The van der Waals surface area contributed by atoms with Crippen molar-refractivity contribution < 1.29 is 22.7 Å². The number of benzene rings is 2. The number of ether oxygens (including phenoxy) is 2. The standard InChI is InChI=1S/C22H27N3O5S/c1-29-16-2-4-17(5-3-16)30-18-6-8-19(9-7-18)31(27,28)22(20(23)26)14-21(15-25-22)10-12-24-13-11-21/h2-9,24-25H,10-15H2,1H3,(H2,23,26). The summed E-state index contributed by atoms with van der Waals surface area (Å²) in [5.41, 5.74) is 5.43. The number of hydrogen-bond donors (Lipinski definition) is 3. The number of rotatable bonds is 6. The smallest absolute Gasteiger partial charge is 0.253 e. The third-order valence-corrected chi connectivity index (χ3v) is 8.62. The Bertz CT molecular complexity index is 1050. The summed E-state index contributed by atoms with van der Waals surface area (Å²) in [4.78, 5) is 10.7. The number of methoxy groups -OCH3 is 1. The predicted molar refractivity (Wildman–Crippen MR) is 116 cm³/mol. The van der Waals surface area contributed by atoms with Crippen LogP contribution in [0.4, 0.5) is 0 Å². The molecule has 0 bridgehead atoms. The van der Waals surface area contributed by atoms with E-state index in [0.29, 0.717) is 23.8 Å². The Hall–Kier alpha value is -2.62. The van der Waals surface area contributed by atoms with Crippen molar-refractivity contribution in [1.29, 1.82) is 0 Å². The molecule has 2 aliphatic heterocycles. The van der Waals surface area contributed by atoms with E-state index in [4.69, 9.17) is 15.2 Å². The van der Waals surface area contributed by atoms with Gasteiger partial charge in [0.1, 0.15) is 17.2 Å². The summed E-state index contributed by atoms with van der Waals surface area (Å²) in [7, 11) is -2.47. The van der Waals surface area contributed by atoms with Crippen LogP contribution in [-0.4, -0.2) is 45.9 Å². The lowest BCUT2D eigenvalue weighted by molar-refractivity contribution is -0.121. The molecule has 0 aliphatic carbocycles. The molecule has 4 rings (SSSR count). The summed E-state index contributed by atoms with van der Waals surface area (Å²) in [6, 6.07) is 13.1. The second kappa shape index (κ2) is 8.14. The average Bonchev–Trinajstić information content (AvgIpc) is 3.16. The number of nitrogens with one attached hydrogen (secondary N) is 2. The average molecular weight is 446 g/mol. The quantitative estimate of drug-likeness (QED) is 0.620. The van der Waals surface area contributed by atoms with Crippen LogP contribution in [0.3, 0.4) is 0 Å². The van der Waals surface area contributed by atoms with E-state index in [1.54, 1.807) is 43.5 Å². The van der Waals surface area contributed by atoms with E-state index in [1.807, 2.05) is 0 Å². The minimum Gasteiger partial charge on any atom is -0.497 e. The molecule has 0 radical (unpaired) electrons. The number of hydrogen-bond acceptors (Lipinski definition) is 7. The number of piperidine rings is 1. The second-order valence-corrected chi connectivity index (χ2v) is 10.4. The molecule has 2 aromatic rings. The van der Waals surface area contributed by atoms with E-state index in [-0.39, 0.29) is 16.7 Å². The molecule has 2 aromatic carbocycles. The molecule has 2 heterocycles. The van der Waals surface area contributed by atoms with Crippen LogP contribution in [0.2, 0.25) is 0 Å². The number of carbonyl (C=O) groups is 1. The van der Waals surface area contributed by atoms with Gasteiger partial charge in [0.05, 0.1) is 12.0 Å². The van der Waals surface area contributed by atoms with Gasteiger partial charge in [0.2, 0.25) is 14.7 Å². The van der Waals surface area contributed by atoms with Crippen molar-refractivity contribution in [1.82, 2.24) is 10.6 Å². The summed E-state index contributed by atoms with van der Waals surface area (Å²) in [5, 5.41) is 6.28. The van der Waals surface area contributed by atoms with Crippen LogP contribution in [-0.2, 0) is 14.6 Å². The maximum absolute atomic E-state index is 13.5. The Kier molecular flexibility index (Phi) is 5.67. The van der Waals surface area contributed by atoms with Crippen molar-refractivity contribution in [2.45, 2.75) is 29.0 Å². The Morgan fingerprint density at radius 2 is 1.52 bits per heavy atom. The molecule has 31 heavy (non-hydrogen) atoms. The fraction of sp³-hybridized carbons (Fsp3) is 0.409. The van der Waals surface area contributed by atoms with Crippen LogP contribution in [0.15, 0.2) is 53.4 Å². The zero-order chi connectivity index (χ0) is 22.1. The van der Waals surface area contributed by atoms with E-state index < -0.39 is 20.6 Å². The maximum atomic E-state index is 13.5. The molecule has 0 aromatic heterocycles. The third kappa shape index (κ3) is 3.88. The topological polar surface area (TPSA) is 120 Å². The van der Waals surface area contributed by atoms with Gasteiger partial charge in [-0.15, -0.1) is 0 Å². The highest BCUT2D eigenvalue weighted by atomic mass is 32.2. The second-order valence-electron chi connectivity index (χ2n) is 8.22. The molecule has 1 atom stereocenters. The molecule has 1 spiro atoms. The zero-order valence-corrected chi connectivity index (χ0v) is 18.2. The molecular weight excluding hydrogens is 418 g/mol. The van der Waals surface area contributed by atoms with E-state index in [2.05, 4.69) is 10.6 Å². The first kappa shape index (κ1) is 21.6. The normalized spacial score (nSPS) is 22.9. The molecule has 2 saturated heterocycles. The highest BCUT2D eigenvalue weighted by Crippen LogP contribution is 2.45. The van der Waals surface area contributed by atoms with Crippen LogP contribution in [0.25, 0.3) is 0 Å². The third-order valence-electron chi connectivity index (χ3n) is 6.32. The molecular formula is C22H27N3O5S. The molecule has 9 heteroatoms. The Labute approximate surface area is 182 Å². The summed E-state index contributed by atoms with van der Waals surface area (Å²) in [6.45, 7) is 2.05. The highest BCUT2D eigenvalue weighted by molar-refractivity contribution is 7.93. The van der Waals surface area contributed by atoms with Gasteiger partial charge in [-0.2, -0.15) is 0 Å². The van der Waals surface area contributed by atoms with Gasteiger partial charge in [0.15, 0.2) is 0 Å². The first-order valence-electron chi connectivity index (χ1n) is 10.2. The van der Waals surface area contributed by atoms with Crippen LogP contribution in [0.1, 0.15) is 19.3 Å². The van der Waals surface area contributed by atoms with Crippen molar-refractivity contribution in [2.24, 2.45) is 11.1 Å². The molecule has 4 N–H and O–H groups in total.